The fourth-order valence-corrected chi connectivity index (χ4v) is 0.298. The van der Waals surface area contributed by atoms with Crippen LogP contribution >= 0.6 is 0 Å². The molecule has 1 unspecified atom stereocenters. The van der Waals surface area contributed by atoms with Crippen LogP contribution in [0.1, 0.15) is 6.92 Å². The molecule has 0 bridgehead atoms. The molecule has 0 saturated heterocycles. The second-order valence-electron chi connectivity index (χ2n) is 1.52. The number of nitrogens with one attached hydrogen (secondary N) is 1. The quantitative estimate of drug-likeness (QED) is 0.515. The summed E-state index contributed by atoms with van der Waals surface area (Å²) in [7, 11) is 6.67. The van der Waals surface area contributed by atoms with Crippen molar-refractivity contribution < 1.29 is 4.74 Å². The third kappa shape index (κ3) is 3.76. The molecular formula is C5H11NO. The summed E-state index contributed by atoms with van der Waals surface area (Å²) in [5, 5.41) is 2.54. The zero-order valence-corrected chi connectivity index (χ0v) is 4.77. The van der Waals surface area contributed by atoms with Crippen LogP contribution in [0.15, 0.2) is 0 Å². The Bertz CT molecular complexity index is 39.1. The lowest BCUT2D eigenvalue weighted by Gasteiger charge is -2.05. The molecule has 1 atom stereocenters. The highest BCUT2D eigenvalue weighted by Gasteiger charge is 1.91. The van der Waals surface area contributed by atoms with Crippen LogP contribution < -0.4 is 5.32 Å². The van der Waals surface area contributed by atoms with Crippen LogP contribution in [0.3, 0.4) is 0 Å². The van der Waals surface area contributed by atoms with Crippen LogP contribution in [0.2, 0.25) is 0 Å². The van der Waals surface area contributed by atoms with Crippen molar-refractivity contribution >= 4 is 0 Å². The van der Waals surface area contributed by atoms with Crippen molar-refractivity contribution in [2.45, 2.75) is 13.0 Å². The van der Waals surface area contributed by atoms with E-state index >= 15 is 0 Å². The van der Waals surface area contributed by atoms with Crippen molar-refractivity contribution in [3.8, 4) is 0 Å². The number of methoxy groups -OCH3 is 1. The summed E-state index contributed by atoms with van der Waals surface area (Å²) < 4.78 is 4.75. The highest BCUT2D eigenvalue weighted by atomic mass is 16.5. The van der Waals surface area contributed by atoms with Gasteiger partial charge in [-0.05, 0) is 6.92 Å². The minimum Gasteiger partial charge on any atom is -0.383 e. The van der Waals surface area contributed by atoms with E-state index in [9.17, 15) is 0 Å². The zero-order chi connectivity index (χ0) is 5.70. The summed E-state index contributed by atoms with van der Waals surface area (Å²) in [6.07, 6.45) is 0. The first-order chi connectivity index (χ1) is 3.31. The maximum absolute atomic E-state index is 5.03. The average Bonchev–Trinajstić information content (AvgIpc) is 1.68. The van der Waals surface area contributed by atoms with Crippen LogP contribution in [0, 0.1) is 7.05 Å². The van der Waals surface area contributed by atoms with Gasteiger partial charge in [0.15, 0.2) is 0 Å². The molecule has 0 aliphatic carbocycles. The lowest BCUT2D eigenvalue weighted by molar-refractivity contribution is 0.177. The third-order valence-electron chi connectivity index (χ3n) is 0.701. The van der Waals surface area contributed by atoms with Crippen LogP contribution in [-0.2, 0) is 4.74 Å². The van der Waals surface area contributed by atoms with Gasteiger partial charge in [0.25, 0.3) is 0 Å². The normalized spacial score (nSPS) is 14.1. The Kier molecular flexibility index (Phi) is 4.04. The fraction of sp³-hybridized carbons (Fsp3) is 0.800. The van der Waals surface area contributed by atoms with Crippen molar-refractivity contribution in [1.29, 1.82) is 0 Å². The highest BCUT2D eigenvalue weighted by molar-refractivity contribution is 4.54. The van der Waals surface area contributed by atoms with Gasteiger partial charge in [0.2, 0.25) is 0 Å². The lowest BCUT2D eigenvalue weighted by atomic mass is 10.4. The van der Waals surface area contributed by atoms with E-state index in [0.29, 0.717) is 6.61 Å². The van der Waals surface area contributed by atoms with E-state index < -0.39 is 0 Å². The average molecular weight is 101 g/mol. The maximum Gasteiger partial charge on any atom is 0.0613 e. The topological polar surface area (TPSA) is 21.3 Å². The Hall–Kier alpha value is -0.0800. The summed E-state index contributed by atoms with van der Waals surface area (Å²) in [6.45, 7) is 2.61. The molecule has 42 valence electrons. The molecule has 0 saturated carbocycles. The molecule has 2 radical (unpaired) electrons. The van der Waals surface area contributed by atoms with Gasteiger partial charge in [-0.3, -0.25) is 0 Å². The molecule has 0 aromatic carbocycles. The van der Waals surface area contributed by atoms with E-state index in [2.05, 4.69) is 5.32 Å². The fourth-order valence-electron chi connectivity index (χ4n) is 0.298. The Balaban J connectivity index is 2.83. The van der Waals surface area contributed by atoms with Crippen molar-refractivity contribution in [1.82, 2.24) is 5.32 Å². The van der Waals surface area contributed by atoms with Crippen LogP contribution in [0.4, 0.5) is 0 Å². The van der Waals surface area contributed by atoms with Gasteiger partial charge in [-0.1, -0.05) is 0 Å². The first kappa shape index (κ1) is 6.92. The summed E-state index contributed by atoms with van der Waals surface area (Å²) in [5.74, 6) is 0. The van der Waals surface area contributed by atoms with E-state index in [0.717, 1.165) is 0 Å². The second-order valence-corrected chi connectivity index (χ2v) is 1.52. The molecule has 0 amide bonds. The Morgan fingerprint density at radius 2 is 2.43 bits per heavy atom. The van der Waals surface area contributed by atoms with E-state index in [-0.39, 0.29) is 6.04 Å². The van der Waals surface area contributed by atoms with Crippen molar-refractivity contribution in [2.75, 3.05) is 13.7 Å². The number of hydrogen-bond donors (Lipinski definition) is 1. The zero-order valence-electron chi connectivity index (χ0n) is 4.77. The molecule has 1 N–H and O–H groups in total. The Morgan fingerprint density at radius 1 is 1.86 bits per heavy atom. The van der Waals surface area contributed by atoms with Gasteiger partial charge in [-0.15, -0.1) is 0 Å². The SMILES string of the molecule is [CH]NC(C)COC. The van der Waals surface area contributed by atoms with Gasteiger partial charge < -0.3 is 10.1 Å². The monoisotopic (exact) mass is 101 g/mol. The summed E-state index contributed by atoms with van der Waals surface area (Å²) in [6, 6.07) is 0.255. The lowest BCUT2D eigenvalue weighted by Crippen LogP contribution is -2.23. The molecule has 0 aromatic heterocycles. The van der Waals surface area contributed by atoms with E-state index in [1.807, 2.05) is 6.92 Å². The summed E-state index contributed by atoms with van der Waals surface area (Å²) in [4.78, 5) is 0. The van der Waals surface area contributed by atoms with Crippen molar-refractivity contribution in [2.24, 2.45) is 0 Å². The van der Waals surface area contributed by atoms with Gasteiger partial charge in [0, 0.05) is 20.2 Å². The molecule has 0 spiro atoms. The molecule has 0 aliphatic heterocycles. The molecular weight excluding hydrogens is 90.1 g/mol. The van der Waals surface area contributed by atoms with Gasteiger partial charge in [-0.25, -0.2) is 0 Å². The first-order valence-electron chi connectivity index (χ1n) is 2.26. The molecule has 0 aromatic rings. The van der Waals surface area contributed by atoms with Crippen molar-refractivity contribution in [3.05, 3.63) is 7.05 Å². The second kappa shape index (κ2) is 4.09. The van der Waals surface area contributed by atoms with Crippen LogP contribution in [-0.4, -0.2) is 19.8 Å². The number of rotatable bonds is 3. The molecule has 0 aliphatic rings. The molecule has 2 heteroatoms. The minimum absolute atomic E-state index is 0.255. The van der Waals surface area contributed by atoms with Gasteiger partial charge >= 0.3 is 0 Å². The predicted molar refractivity (Wildman–Crippen MR) is 28.8 cm³/mol. The van der Waals surface area contributed by atoms with E-state index in [4.69, 9.17) is 11.8 Å². The summed E-state index contributed by atoms with van der Waals surface area (Å²) in [5.41, 5.74) is 0. The molecule has 0 fully saturated rings. The smallest absolute Gasteiger partial charge is 0.0613 e. The Labute approximate surface area is 44.9 Å². The largest absolute Gasteiger partial charge is 0.383 e. The molecule has 2 nitrogen and oxygen atoms in total. The number of ether oxygens (including phenoxy) is 1. The van der Waals surface area contributed by atoms with Crippen molar-refractivity contribution in [3.63, 3.8) is 0 Å². The number of hydrogen-bond acceptors (Lipinski definition) is 2. The standard InChI is InChI=1S/C5H11NO/c1-5(6-2)4-7-3/h2,5-6H,4H2,1,3H3. The predicted octanol–water partition coefficient (Wildman–Crippen LogP) is 0.279. The maximum atomic E-state index is 5.03. The molecule has 7 heavy (non-hydrogen) atoms. The molecule has 0 heterocycles. The highest BCUT2D eigenvalue weighted by Crippen LogP contribution is 1.77. The van der Waals surface area contributed by atoms with E-state index in [1.54, 1.807) is 7.11 Å². The Morgan fingerprint density at radius 3 is 2.57 bits per heavy atom. The third-order valence-corrected chi connectivity index (χ3v) is 0.701. The van der Waals surface area contributed by atoms with Crippen LogP contribution in [0.5, 0.6) is 0 Å². The van der Waals surface area contributed by atoms with E-state index in [1.165, 1.54) is 0 Å². The molecule has 0 rings (SSSR count). The first-order valence-corrected chi connectivity index (χ1v) is 2.26. The van der Waals surface area contributed by atoms with Crippen LogP contribution in [0.25, 0.3) is 0 Å². The van der Waals surface area contributed by atoms with Gasteiger partial charge in [-0.2, -0.15) is 0 Å². The minimum atomic E-state index is 0.255. The van der Waals surface area contributed by atoms with Gasteiger partial charge in [0.05, 0.1) is 6.61 Å². The van der Waals surface area contributed by atoms with Gasteiger partial charge in [0.1, 0.15) is 0 Å². The summed E-state index contributed by atoms with van der Waals surface area (Å²) >= 11 is 0.